The minimum absolute atomic E-state index is 0.0420. The average Bonchev–Trinajstić information content (AvgIpc) is 2.84. The van der Waals surface area contributed by atoms with Gasteiger partial charge in [-0.1, -0.05) is 18.2 Å². The van der Waals surface area contributed by atoms with Gasteiger partial charge in [-0.15, -0.1) is 0 Å². The Balaban J connectivity index is 0.000000604. The number of halogens is 3. The Morgan fingerprint density at radius 1 is 1.14 bits per heavy atom. The standard InChI is InChI=1S/C21H30N4O4S.C2HF3O2/c1-24-16-18-8-2-5-14-25(18)21(27)17-7-6-9-19(15-17)30(28,29)23-12-4-3-11-22-13-10-20(24)26;3-2(4,5)1(6)7/h3-4,6-7,9,15,18,22-23H,2,5,8,10-14,16H2,1H3;(H,6,7)/b4-3-;/t18-;/m0./s1. The molecule has 37 heavy (non-hydrogen) atoms. The van der Waals surface area contributed by atoms with Gasteiger partial charge in [-0.05, 0) is 37.5 Å². The fourth-order valence-electron chi connectivity index (χ4n) is 3.82. The van der Waals surface area contributed by atoms with Gasteiger partial charge in [0.1, 0.15) is 0 Å². The molecule has 10 nitrogen and oxygen atoms in total. The summed E-state index contributed by atoms with van der Waals surface area (Å²) in [4.78, 5) is 38.1. The molecule has 0 aromatic heterocycles. The van der Waals surface area contributed by atoms with Crippen LogP contribution in [0.2, 0.25) is 0 Å². The second-order valence-corrected chi connectivity index (χ2v) is 10.3. The second kappa shape index (κ2) is 13.5. The highest BCUT2D eigenvalue weighted by Gasteiger charge is 2.38. The number of carbonyl (C=O) groups excluding carboxylic acids is 2. The highest BCUT2D eigenvalue weighted by Crippen LogP contribution is 2.22. The summed E-state index contributed by atoms with van der Waals surface area (Å²) < 4.78 is 59.5. The third-order valence-corrected chi connectivity index (χ3v) is 7.19. The second-order valence-electron chi connectivity index (χ2n) is 8.53. The molecule has 1 atom stereocenters. The van der Waals surface area contributed by atoms with E-state index in [1.165, 1.54) is 12.1 Å². The van der Waals surface area contributed by atoms with Crippen LogP contribution in [0.25, 0.3) is 0 Å². The van der Waals surface area contributed by atoms with Crippen LogP contribution in [0.5, 0.6) is 0 Å². The van der Waals surface area contributed by atoms with Gasteiger partial charge in [0.25, 0.3) is 5.91 Å². The molecule has 1 saturated heterocycles. The third kappa shape index (κ3) is 9.44. The van der Waals surface area contributed by atoms with Crippen LogP contribution in [0.3, 0.4) is 0 Å². The number of sulfonamides is 1. The number of amides is 2. The molecule has 1 aromatic rings. The number of aliphatic carboxylic acids is 1. The molecule has 2 aliphatic rings. The number of carboxylic acid groups (broad SMARTS) is 1. The van der Waals surface area contributed by atoms with E-state index in [9.17, 15) is 31.2 Å². The maximum atomic E-state index is 13.2. The summed E-state index contributed by atoms with van der Waals surface area (Å²) in [5, 5.41) is 10.3. The summed E-state index contributed by atoms with van der Waals surface area (Å²) >= 11 is 0. The number of alkyl halides is 3. The first kappa shape index (κ1) is 30.3. The molecule has 0 radical (unpaired) electrons. The summed E-state index contributed by atoms with van der Waals surface area (Å²) in [6, 6.07) is 6.08. The number of likely N-dealkylation sites (N-methyl/N-ethyl adjacent to an activating group) is 1. The Morgan fingerprint density at radius 2 is 1.81 bits per heavy atom. The summed E-state index contributed by atoms with van der Waals surface area (Å²) in [7, 11) is -1.94. The zero-order chi connectivity index (χ0) is 27.6. The van der Waals surface area contributed by atoms with Crippen molar-refractivity contribution in [2.45, 2.75) is 42.8 Å². The van der Waals surface area contributed by atoms with Gasteiger partial charge in [0.05, 0.1) is 4.90 Å². The van der Waals surface area contributed by atoms with Gasteiger partial charge in [-0.25, -0.2) is 17.9 Å². The predicted octanol–water partition coefficient (Wildman–Crippen LogP) is 1.60. The van der Waals surface area contributed by atoms with Gasteiger partial charge >= 0.3 is 12.1 Å². The lowest BCUT2D eigenvalue weighted by atomic mass is 10.00. The summed E-state index contributed by atoms with van der Waals surface area (Å²) in [5.74, 6) is -2.91. The summed E-state index contributed by atoms with van der Waals surface area (Å²) in [6.45, 7) is 2.32. The number of carboxylic acids is 1. The topological polar surface area (TPSA) is 136 Å². The molecule has 3 N–H and O–H groups in total. The lowest BCUT2D eigenvalue weighted by Crippen LogP contribution is -2.50. The molecule has 1 fully saturated rings. The first-order valence-corrected chi connectivity index (χ1v) is 13.1. The van der Waals surface area contributed by atoms with Crippen molar-refractivity contribution < 1.29 is 41.1 Å². The Bertz CT molecular complexity index is 1090. The van der Waals surface area contributed by atoms with E-state index in [0.717, 1.165) is 19.3 Å². The van der Waals surface area contributed by atoms with Crippen molar-refractivity contribution in [1.82, 2.24) is 19.8 Å². The lowest BCUT2D eigenvalue weighted by molar-refractivity contribution is -0.192. The van der Waals surface area contributed by atoms with Gasteiger partial charge < -0.3 is 20.2 Å². The van der Waals surface area contributed by atoms with Crippen molar-refractivity contribution in [2.75, 3.05) is 39.8 Å². The van der Waals surface area contributed by atoms with E-state index in [0.29, 0.717) is 38.2 Å². The van der Waals surface area contributed by atoms with Crippen LogP contribution in [0.15, 0.2) is 41.3 Å². The summed E-state index contributed by atoms with van der Waals surface area (Å²) in [6.07, 6.45) is 1.55. The Labute approximate surface area is 213 Å². The lowest BCUT2D eigenvalue weighted by Gasteiger charge is -2.38. The summed E-state index contributed by atoms with van der Waals surface area (Å²) in [5.41, 5.74) is 0.347. The van der Waals surface area contributed by atoms with Gasteiger partial charge in [0, 0.05) is 57.8 Å². The number of piperidine rings is 1. The molecule has 2 heterocycles. The third-order valence-electron chi connectivity index (χ3n) is 5.77. The van der Waals surface area contributed by atoms with E-state index in [1.807, 2.05) is 6.08 Å². The number of nitrogens with one attached hydrogen (secondary N) is 2. The molecule has 1 aromatic carbocycles. The quantitative estimate of drug-likeness (QED) is 0.419. The highest BCUT2D eigenvalue weighted by molar-refractivity contribution is 7.89. The Morgan fingerprint density at radius 3 is 2.49 bits per heavy atom. The molecule has 0 saturated carbocycles. The van der Waals surface area contributed by atoms with E-state index < -0.39 is 22.2 Å². The number of rotatable bonds is 0. The minimum Gasteiger partial charge on any atom is -0.475 e. The van der Waals surface area contributed by atoms with Crippen molar-refractivity contribution in [3.63, 3.8) is 0 Å². The fourth-order valence-corrected chi connectivity index (χ4v) is 4.84. The van der Waals surface area contributed by atoms with Crippen LogP contribution < -0.4 is 10.0 Å². The van der Waals surface area contributed by atoms with Gasteiger partial charge in [0.2, 0.25) is 15.9 Å². The number of hydrogen-bond acceptors (Lipinski definition) is 6. The fraction of sp³-hybridized carbons (Fsp3) is 0.522. The van der Waals surface area contributed by atoms with Crippen LogP contribution in [0.1, 0.15) is 36.0 Å². The average molecular weight is 549 g/mol. The van der Waals surface area contributed by atoms with Crippen molar-refractivity contribution in [1.29, 1.82) is 0 Å². The molecule has 0 aliphatic carbocycles. The highest BCUT2D eigenvalue weighted by atomic mass is 32.2. The van der Waals surface area contributed by atoms with E-state index in [-0.39, 0.29) is 29.3 Å². The van der Waals surface area contributed by atoms with Crippen molar-refractivity contribution in [2.24, 2.45) is 0 Å². The molecule has 0 spiro atoms. The Kier molecular flexibility index (Phi) is 11.1. The van der Waals surface area contributed by atoms with Crippen molar-refractivity contribution in [3.8, 4) is 0 Å². The molecule has 2 bridgehead atoms. The predicted molar refractivity (Wildman–Crippen MR) is 128 cm³/mol. The minimum atomic E-state index is -5.08. The van der Waals surface area contributed by atoms with E-state index >= 15 is 0 Å². The van der Waals surface area contributed by atoms with E-state index in [2.05, 4.69) is 10.0 Å². The molecule has 3 rings (SSSR count). The molecule has 14 heteroatoms. The van der Waals surface area contributed by atoms with Crippen LogP contribution in [0, 0.1) is 0 Å². The first-order valence-electron chi connectivity index (χ1n) is 11.6. The van der Waals surface area contributed by atoms with Crippen LogP contribution in [-0.4, -0.2) is 93.1 Å². The maximum absolute atomic E-state index is 13.2. The molecular formula is C23H31F3N4O6S. The molecule has 206 valence electrons. The largest absolute Gasteiger partial charge is 0.490 e. The molecular weight excluding hydrogens is 517 g/mol. The normalized spacial score (nSPS) is 22.5. The van der Waals surface area contributed by atoms with E-state index in [1.54, 1.807) is 35.1 Å². The maximum Gasteiger partial charge on any atom is 0.490 e. The zero-order valence-electron chi connectivity index (χ0n) is 20.3. The van der Waals surface area contributed by atoms with Crippen LogP contribution >= 0.6 is 0 Å². The number of fused-ring (bicyclic) bond motifs is 3. The Hall–Kier alpha value is -2.97. The number of hydrogen-bond donors (Lipinski definition) is 3. The van der Waals surface area contributed by atoms with Crippen molar-refractivity contribution in [3.05, 3.63) is 42.0 Å². The van der Waals surface area contributed by atoms with E-state index in [4.69, 9.17) is 9.90 Å². The number of benzene rings is 1. The number of carbonyl (C=O) groups is 3. The van der Waals surface area contributed by atoms with Crippen LogP contribution in [0.4, 0.5) is 13.2 Å². The SMILES string of the molecule is CN1C[C@@H]2CCCCN2C(=O)c2cccc(c2)S(=O)(=O)NC/C=C\CNCCC1=O.O=C(O)C(F)(F)F. The smallest absolute Gasteiger partial charge is 0.475 e. The van der Waals surface area contributed by atoms with Gasteiger partial charge in [0.15, 0.2) is 0 Å². The van der Waals surface area contributed by atoms with Gasteiger partial charge in [-0.2, -0.15) is 13.2 Å². The van der Waals surface area contributed by atoms with Gasteiger partial charge in [-0.3, -0.25) is 9.59 Å². The van der Waals surface area contributed by atoms with Crippen LogP contribution in [-0.2, 0) is 19.6 Å². The first-order chi connectivity index (χ1) is 17.3. The molecule has 2 amide bonds. The monoisotopic (exact) mass is 548 g/mol. The molecule has 2 aliphatic heterocycles. The zero-order valence-corrected chi connectivity index (χ0v) is 21.1. The van der Waals surface area contributed by atoms with Crippen molar-refractivity contribution >= 4 is 27.8 Å². The number of nitrogens with zero attached hydrogens (tertiary/aromatic N) is 2. The molecule has 0 unspecified atom stereocenters.